The lowest BCUT2D eigenvalue weighted by Gasteiger charge is -2.26. The summed E-state index contributed by atoms with van der Waals surface area (Å²) in [5.41, 5.74) is 1.38. The SMILES string of the molecule is Cc1cc(Cl)ccc1OCCCC(=O)Nc1cccc(S(=O)(=O)N2CCOCC2)c1. The summed E-state index contributed by atoms with van der Waals surface area (Å²) in [6, 6.07) is 11.7. The van der Waals surface area contributed by atoms with E-state index in [4.69, 9.17) is 21.1 Å². The van der Waals surface area contributed by atoms with Gasteiger partial charge >= 0.3 is 0 Å². The fourth-order valence-corrected chi connectivity index (χ4v) is 4.76. The summed E-state index contributed by atoms with van der Waals surface area (Å²) in [7, 11) is -3.61. The standard InChI is InChI=1S/C21H25ClN2O5S/c1-16-14-17(22)7-8-20(16)29-11-3-6-21(25)23-18-4-2-5-19(15-18)30(26,27)24-9-12-28-13-10-24/h2,4-5,7-8,14-15H,3,6,9-13H2,1H3,(H,23,25). The molecule has 0 atom stereocenters. The van der Waals surface area contributed by atoms with Crippen LogP contribution in [0.25, 0.3) is 0 Å². The van der Waals surface area contributed by atoms with E-state index in [0.29, 0.717) is 50.0 Å². The highest BCUT2D eigenvalue weighted by Gasteiger charge is 2.26. The van der Waals surface area contributed by atoms with Crippen LogP contribution in [0.1, 0.15) is 18.4 Å². The van der Waals surface area contributed by atoms with E-state index in [-0.39, 0.29) is 17.2 Å². The van der Waals surface area contributed by atoms with Crippen molar-refractivity contribution < 1.29 is 22.7 Å². The number of carbonyl (C=O) groups excluding carboxylic acids is 1. The first-order chi connectivity index (χ1) is 14.4. The minimum atomic E-state index is -3.61. The second kappa shape index (κ2) is 10.3. The maximum Gasteiger partial charge on any atom is 0.243 e. The van der Waals surface area contributed by atoms with Crippen molar-refractivity contribution >= 4 is 33.2 Å². The van der Waals surface area contributed by atoms with E-state index in [1.54, 1.807) is 24.3 Å². The molecule has 1 fully saturated rings. The van der Waals surface area contributed by atoms with E-state index in [1.807, 2.05) is 13.0 Å². The molecule has 3 rings (SSSR count). The molecule has 0 saturated carbocycles. The van der Waals surface area contributed by atoms with Crippen LogP contribution < -0.4 is 10.1 Å². The molecule has 0 aromatic heterocycles. The van der Waals surface area contributed by atoms with Crippen LogP contribution in [0.3, 0.4) is 0 Å². The molecule has 1 aliphatic rings. The van der Waals surface area contributed by atoms with Crippen LogP contribution in [0.15, 0.2) is 47.4 Å². The fraction of sp³-hybridized carbons (Fsp3) is 0.381. The van der Waals surface area contributed by atoms with Crippen molar-refractivity contribution in [3.63, 3.8) is 0 Å². The van der Waals surface area contributed by atoms with Crippen molar-refractivity contribution in [1.29, 1.82) is 0 Å². The van der Waals surface area contributed by atoms with Gasteiger partial charge in [0.25, 0.3) is 0 Å². The fourth-order valence-electron chi connectivity index (χ4n) is 3.08. The Balaban J connectivity index is 1.51. The first-order valence-corrected chi connectivity index (χ1v) is 11.5. The maximum absolute atomic E-state index is 12.8. The summed E-state index contributed by atoms with van der Waals surface area (Å²) < 4.78 is 37.8. The number of hydrogen-bond acceptors (Lipinski definition) is 5. The number of carbonyl (C=O) groups is 1. The minimum Gasteiger partial charge on any atom is -0.493 e. The number of amides is 1. The van der Waals surface area contributed by atoms with Gasteiger partial charge in [0.2, 0.25) is 15.9 Å². The van der Waals surface area contributed by atoms with Gasteiger partial charge in [-0.05, 0) is 55.3 Å². The van der Waals surface area contributed by atoms with E-state index in [0.717, 1.165) is 11.3 Å². The number of sulfonamides is 1. The van der Waals surface area contributed by atoms with E-state index in [1.165, 1.54) is 16.4 Å². The molecule has 30 heavy (non-hydrogen) atoms. The van der Waals surface area contributed by atoms with Crippen LogP contribution in [-0.4, -0.2) is 51.5 Å². The topological polar surface area (TPSA) is 84.9 Å². The Hall–Kier alpha value is -2.13. The number of nitrogens with zero attached hydrogens (tertiary/aromatic N) is 1. The van der Waals surface area contributed by atoms with Crippen molar-refractivity contribution in [1.82, 2.24) is 4.31 Å². The van der Waals surface area contributed by atoms with Gasteiger partial charge < -0.3 is 14.8 Å². The lowest BCUT2D eigenvalue weighted by Crippen LogP contribution is -2.40. The van der Waals surface area contributed by atoms with Gasteiger partial charge in [0.15, 0.2) is 0 Å². The third kappa shape index (κ3) is 5.95. The molecule has 0 spiro atoms. The number of anilines is 1. The summed E-state index contributed by atoms with van der Waals surface area (Å²) in [5, 5.41) is 3.41. The number of morpholine rings is 1. The molecule has 7 nitrogen and oxygen atoms in total. The summed E-state index contributed by atoms with van der Waals surface area (Å²) in [5.74, 6) is 0.535. The second-order valence-electron chi connectivity index (χ2n) is 6.95. The predicted octanol–water partition coefficient (Wildman–Crippen LogP) is 3.47. The van der Waals surface area contributed by atoms with Gasteiger partial charge in [0.05, 0.1) is 24.7 Å². The second-order valence-corrected chi connectivity index (χ2v) is 9.33. The molecule has 1 heterocycles. The van der Waals surface area contributed by atoms with Gasteiger partial charge in [0, 0.05) is 30.2 Å². The lowest BCUT2D eigenvalue weighted by atomic mass is 10.2. The third-order valence-electron chi connectivity index (χ3n) is 4.67. The molecule has 0 bridgehead atoms. The Morgan fingerprint density at radius 3 is 2.70 bits per heavy atom. The van der Waals surface area contributed by atoms with Gasteiger partial charge in [-0.2, -0.15) is 4.31 Å². The average molecular weight is 453 g/mol. The Morgan fingerprint density at radius 2 is 1.97 bits per heavy atom. The number of benzene rings is 2. The zero-order chi connectivity index (χ0) is 21.6. The number of hydrogen-bond donors (Lipinski definition) is 1. The molecule has 9 heteroatoms. The number of aryl methyl sites for hydroxylation is 1. The average Bonchev–Trinajstić information content (AvgIpc) is 2.73. The summed E-state index contributed by atoms with van der Waals surface area (Å²) in [4.78, 5) is 12.4. The largest absolute Gasteiger partial charge is 0.493 e. The highest BCUT2D eigenvalue weighted by molar-refractivity contribution is 7.89. The summed E-state index contributed by atoms with van der Waals surface area (Å²) in [6.07, 6.45) is 0.784. The molecule has 1 amide bonds. The van der Waals surface area contributed by atoms with Crippen molar-refractivity contribution in [2.45, 2.75) is 24.7 Å². The van der Waals surface area contributed by atoms with Crippen molar-refractivity contribution in [2.24, 2.45) is 0 Å². The smallest absolute Gasteiger partial charge is 0.243 e. The lowest BCUT2D eigenvalue weighted by molar-refractivity contribution is -0.116. The quantitative estimate of drug-likeness (QED) is 0.620. The molecule has 0 aliphatic carbocycles. The molecular formula is C21H25ClN2O5S. The minimum absolute atomic E-state index is 0.156. The van der Waals surface area contributed by atoms with Gasteiger partial charge in [-0.1, -0.05) is 17.7 Å². The van der Waals surface area contributed by atoms with Crippen LogP contribution >= 0.6 is 11.6 Å². The molecular weight excluding hydrogens is 428 g/mol. The zero-order valence-corrected chi connectivity index (χ0v) is 18.3. The molecule has 1 N–H and O–H groups in total. The monoisotopic (exact) mass is 452 g/mol. The molecule has 162 valence electrons. The van der Waals surface area contributed by atoms with Crippen LogP contribution in [-0.2, 0) is 19.6 Å². The molecule has 2 aromatic carbocycles. The normalized spacial score (nSPS) is 15.0. The van der Waals surface area contributed by atoms with Crippen molar-refractivity contribution in [3.8, 4) is 5.75 Å². The first-order valence-electron chi connectivity index (χ1n) is 9.73. The van der Waals surface area contributed by atoms with E-state index in [9.17, 15) is 13.2 Å². The van der Waals surface area contributed by atoms with Crippen molar-refractivity contribution in [3.05, 3.63) is 53.1 Å². The zero-order valence-electron chi connectivity index (χ0n) is 16.8. The highest BCUT2D eigenvalue weighted by atomic mass is 35.5. The summed E-state index contributed by atoms with van der Waals surface area (Å²) >= 11 is 5.93. The Bertz CT molecular complexity index is 991. The Labute approximate surface area is 182 Å². The van der Waals surface area contributed by atoms with E-state index >= 15 is 0 Å². The van der Waals surface area contributed by atoms with Crippen LogP contribution in [0.4, 0.5) is 5.69 Å². The third-order valence-corrected chi connectivity index (χ3v) is 6.80. The van der Waals surface area contributed by atoms with Gasteiger partial charge in [-0.25, -0.2) is 8.42 Å². The van der Waals surface area contributed by atoms with Crippen molar-refractivity contribution in [2.75, 3.05) is 38.2 Å². The molecule has 1 aliphatic heterocycles. The number of rotatable bonds is 8. The molecule has 2 aromatic rings. The maximum atomic E-state index is 12.8. The Kier molecular flexibility index (Phi) is 7.71. The van der Waals surface area contributed by atoms with Crippen LogP contribution in [0.2, 0.25) is 5.02 Å². The molecule has 1 saturated heterocycles. The number of halogens is 1. The van der Waals surface area contributed by atoms with E-state index < -0.39 is 10.0 Å². The van der Waals surface area contributed by atoms with Crippen LogP contribution in [0, 0.1) is 6.92 Å². The summed E-state index contributed by atoms with van der Waals surface area (Å²) in [6.45, 7) is 3.71. The van der Waals surface area contributed by atoms with Gasteiger partial charge in [0.1, 0.15) is 5.75 Å². The van der Waals surface area contributed by atoms with Gasteiger partial charge in [-0.3, -0.25) is 4.79 Å². The highest BCUT2D eigenvalue weighted by Crippen LogP contribution is 2.23. The number of ether oxygens (including phenoxy) is 2. The Morgan fingerprint density at radius 1 is 1.20 bits per heavy atom. The van der Waals surface area contributed by atoms with Crippen LogP contribution in [0.5, 0.6) is 5.75 Å². The predicted molar refractivity (Wildman–Crippen MR) is 116 cm³/mol. The van der Waals surface area contributed by atoms with Gasteiger partial charge in [-0.15, -0.1) is 0 Å². The first kappa shape index (κ1) is 22.6. The molecule has 0 unspecified atom stereocenters. The van der Waals surface area contributed by atoms with E-state index in [2.05, 4.69) is 5.32 Å². The number of nitrogens with one attached hydrogen (secondary N) is 1. The molecule has 0 radical (unpaired) electrons.